The average Bonchev–Trinajstić information content (AvgIpc) is 2.99. The minimum absolute atomic E-state index is 0.0117. The number of nitrogens with zero attached hydrogens (tertiary/aromatic N) is 3. The molecule has 20 heavy (non-hydrogen) atoms. The van der Waals surface area contributed by atoms with Gasteiger partial charge in [0, 0.05) is 38.6 Å². The van der Waals surface area contributed by atoms with E-state index in [4.69, 9.17) is 4.42 Å². The average molecular weight is 274 g/mol. The first-order valence-corrected chi connectivity index (χ1v) is 7.20. The number of hydrogen-bond donors (Lipinski definition) is 1. The molecule has 1 aliphatic rings. The second kappa shape index (κ2) is 5.81. The topological polar surface area (TPSA) is 46.2 Å². The molecular weight excluding hydrogens is 252 g/mol. The number of furan rings is 1. The summed E-state index contributed by atoms with van der Waals surface area (Å²) in [5.74, 6) is 1.89. The van der Waals surface area contributed by atoms with Gasteiger partial charge < -0.3 is 13.9 Å². The Morgan fingerprint density at radius 2 is 2.40 bits per heavy atom. The van der Waals surface area contributed by atoms with Crippen LogP contribution in [0.15, 0.2) is 35.2 Å². The summed E-state index contributed by atoms with van der Waals surface area (Å²) in [4.78, 5) is 6.87. The molecule has 2 aromatic rings. The molecule has 1 saturated carbocycles. The van der Waals surface area contributed by atoms with Crippen LogP contribution in [0, 0.1) is 0 Å². The van der Waals surface area contributed by atoms with Gasteiger partial charge in [0.15, 0.2) is 0 Å². The van der Waals surface area contributed by atoms with E-state index in [2.05, 4.69) is 22.2 Å². The molecule has 0 spiro atoms. The Morgan fingerprint density at radius 3 is 3.00 bits per heavy atom. The lowest BCUT2D eigenvalue weighted by Crippen LogP contribution is -2.34. The van der Waals surface area contributed by atoms with E-state index in [9.17, 15) is 0 Å². The second-order valence-corrected chi connectivity index (χ2v) is 5.51. The number of hydrogen-bond acceptors (Lipinski definition) is 4. The summed E-state index contributed by atoms with van der Waals surface area (Å²) in [5, 5.41) is 3.56. The Hall–Kier alpha value is -1.59. The van der Waals surface area contributed by atoms with E-state index in [1.165, 1.54) is 12.8 Å². The quantitative estimate of drug-likeness (QED) is 0.836. The molecule has 1 N–H and O–H groups in total. The Balaban J connectivity index is 1.65. The number of aryl methyl sites for hydroxylation is 1. The molecule has 0 bridgehead atoms. The first-order valence-electron chi connectivity index (χ1n) is 7.20. The fourth-order valence-corrected chi connectivity index (χ4v) is 2.51. The summed E-state index contributed by atoms with van der Waals surface area (Å²) in [6.45, 7) is 1.97. The van der Waals surface area contributed by atoms with Crippen LogP contribution in [-0.2, 0) is 7.05 Å². The Bertz CT molecular complexity index is 530. The van der Waals surface area contributed by atoms with Crippen LogP contribution in [-0.4, -0.2) is 40.6 Å². The monoisotopic (exact) mass is 274 g/mol. The van der Waals surface area contributed by atoms with E-state index in [0.717, 1.165) is 30.7 Å². The minimum Gasteiger partial charge on any atom is -0.467 e. The molecular formula is C15H22N4O. The Kier molecular flexibility index (Phi) is 3.89. The zero-order valence-corrected chi connectivity index (χ0v) is 12.1. The van der Waals surface area contributed by atoms with E-state index in [0.29, 0.717) is 0 Å². The molecule has 0 saturated heterocycles. The van der Waals surface area contributed by atoms with Gasteiger partial charge >= 0.3 is 0 Å². The van der Waals surface area contributed by atoms with Gasteiger partial charge in [-0.3, -0.25) is 5.32 Å². The van der Waals surface area contributed by atoms with E-state index in [1.54, 1.807) is 6.26 Å². The van der Waals surface area contributed by atoms with Crippen molar-refractivity contribution in [2.24, 2.45) is 7.05 Å². The number of imidazole rings is 1. The molecule has 5 nitrogen and oxygen atoms in total. The Labute approximate surface area is 119 Å². The van der Waals surface area contributed by atoms with Crippen molar-refractivity contribution >= 4 is 0 Å². The van der Waals surface area contributed by atoms with E-state index in [-0.39, 0.29) is 6.04 Å². The molecule has 5 heteroatoms. The molecule has 3 rings (SSSR count). The number of rotatable bonds is 7. The molecule has 1 aliphatic carbocycles. The first-order chi connectivity index (χ1) is 9.75. The SMILES string of the molecule is CN(CCNC(c1ccco1)c1nccn1C)C1CC1. The minimum atomic E-state index is 0.0117. The molecule has 2 heterocycles. The summed E-state index contributed by atoms with van der Waals surface area (Å²) in [7, 11) is 4.21. The lowest BCUT2D eigenvalue weighted by Gasteiger charge is -2.20. The van der Waals surface area contributed by atoms with Crippen LogP contribution in [0.1, 0.15) is 30.5 Å². The zero-order valence-electron chi connectivity index (χ0n) is 12.1. The molecule has 0 radical (unpaired) electrons. The lowest BCUT2D eigenvalue weighted by molar-refractivity contribution is 0.311. The number of nitrogens with one attached hydrogen (secondary N) is 1. The van der Waals surface area contributed by atoms with Gasteiger partial charge in [-0.1, -0.05) is 0 Å². The standard InChI is InChI=1S/C15H22N4O/c1-18(12-5-6-12)9-7-16-14(13-4-3-11-20-13)15-17-8-10-19(15)2/h3-4,8,10-12,14,16H,5-7,9H2,1-2H3. The smallest absolute Gasteiger partial charge is 0.133 e. The first kappa shape index (κ1) is 13.4. The maximum Gasteiger partial charge on any atom is 0.133 e. The highest BCUT2D eigenvalue weighted by atomic mass is 16.3. The van der Waals surface area contributed by atoms with Gasteiger partial charge in [-0.2, -0.15) is 0 Å². The van der Waals surface area contributed by atoms with Crippen LogP contribution in [0.2, 0.25) is 0 Å². The molecule has 1 atom stereocenters. The van der Waals surface area contributed by atoms with Crippen LogP contribution in [0.25, 0.3) is 0 Å². The lowest BCUT2D eigenvalue weighted by atomic mass is 10.2. The van der Waals surface area contributed by atoms with Crippen molar-refractivity contribution in [1.82, 2.24) is 19.8 Å². The highest BCUT2D eigenvalue weighted by molar-refractivity contribution is 5.15. The van der Waals surface area contributed by atoms with Crippen LogP contribution >= 0.6 is 0 Å². The van der Waals surface area contributed by atoms with E-state index >= 15 is 0 Å². The van der Waals surface area contributed by atoms with Crippen LogP contribution < -0.4 is 5.32 Å². The van der Waals surface area contributed by atoms with Crippen molar-refractivity contribution in [3.05, 3.63) is 42.4 Å². The van der Waals surface area contributed by atoms with Gasteiger partial charge in [-0.25, -0.2) is 4.98 Å². The Morgan fingerprint density at radius 1 is 1.55 bits per heavy atom. The summed E-state index contributed by atoms with van der Waals surface area (Å²) in [6.07, 6.45) is 8.19. The highest BCUT2D eigenvalue weighted by Gasteiger charge is 2.26. The van der Waals surface area contributed by atoms with Gasteiger partial charge in [0.1, 0.15) is 17.6 Å². The van der Waals surface area contributed by atoms with Crippen LogP contribution in [0.5, 0.6) is 0 Å². The fourth-order valence-electron chi connectivity index (χ4n) is 2.51. The van der Waals surface area contributed by atoms with Gasteiger partial charge in [-0.05, 0) is 32.0 Å². The number of likely N-dealkylation sites (N-methyl/N-ethyl adjacent to an activating group) is 1. The zero-order chi connectivity index (χ0) is 13.9. The summed E-state index contributed by atoms with van der Waals surface area (Å²) >= 11 is 0. The fraction of sp³-hybridized carbons (Fsp3) is 0.533. The van der Waals surface area contributed by atoms with Crippen molar-refractivity contribution in [3.63, 3.8) is 0 Å². The summed E-state index contributed by atoms with van der Waals surface area (Å²) in [5.41, 5.74) is 0. The van der Waals surface area contributed by atoms with Crippen molar-refractivity contribution in [2.45, 2.75) is 24.9 Å². The molecule has 0 amide bonds. The predicted octanol–water partition coefficient (Wildman–Crippen LogP) is 1.79. The van der Waals surface area contributed by atoms with Crippen molar-refractivity contribution in [2.75, 3.05) is 20.1 Å². The summed E-state index contributed by atoms with van der Waals surface area (Å²) in [6, 6.07) is 4.73. The third-order valence-corrected chi connectivity index (χ3v) is 3.93. The molecule has 108 valence electrons. The van der Waals surface area contributed by atoms with Crippen molar-refractivity contribution < 1.29 is 4.42 Å². The maximum atomic E-state index is 5.56. The van der Waals surface area contributed by atoms with E-state index in [1.807, 2.05) is 36.1 Å². The molecule has 0 aliphatic heterocycles. The van der Waals surface area contributed by atoms with Gasteiger partial charge in [0.25, 0.3) is 0 Å². The summed E-state index contributed by atoms with van der Waals surface area (Å²) < 4.78 is 7.59. The second-order valence-electron chi connectivity index (χ2n) is 5.51. The largest absolute Gasteiger partial charge is 0.467 e. The van der Waals surface area contributed by atoms with Crippen molar-refractivity contribution in [3.8, 4) is 0 Å². The van der Waals surface area contributed by atoms with E-state index < -0.39 is 0 Å². The van der Waals surface area contributed by atoms with Gasteiger partial charge in [-0.15, -0.1) is 0 Å². The molecule has 1 fully saturated rings. The van der Waals surface area contributed by atoms with Gasteiger partial charge in [0.05, 0.1) is 6.26 Å². The third-order valence-electron chi connectivity index (χ3n) is 3.93. The molecule has 0 aromatic carbocycles. The number of aromatic nitrogens is 2. The van der Waals surface area contributed by atoms with Crippen molar-refractivity contribution in [1.29, 1.82) is 0 Å². The molecule has 2 aromatic heterocycles. The van der Waals surface area contributed by atoms with Gasteiger partial charge in [0.2, 0.25) is 0 Å². The maximum absolute atomic E-state index is 5.56. The molecule has 1 unspecified atom stereocenters. The van der Waals surface area contributed by atoms with Crippen LogP contribution in [0.3, 0.4) is 0 Å². The third kappa shape index (κ3) is 2.94. The van der Waals surface area contributed by atoms with Crippen LogP contribution in [0.4, 0.5) is 0 Å². The normalized spacial score (nSPS) is 16.8. The highest BCUT2D eigenvalue weighted by Crippen LogP contribution is 2.25. The predicted molar refractivity (Wildman–Crippen MR) is 77.4 cm³/mol.